The van der Waals surface area contributed by atoms with Crippen molar-refractivity contribution in [3.05, 3.63) is 28.2 Å². The van der Waals surface area contributed by atoms with Crippen LogP contribution in [0, 0.1) is 0 Å². The molecule has 1 saturated heterocycles. The molecule has 2 rings (SSSR count). The highest BCUT2D eigenvalue weighted by Gasteiger charge is 2.29. The molecule has 0 bridgehead atoms. The molecule has 1 N–H and O–H groups in total. The van der Waals surface area contributed by atoms with Gasteiger partial charge >= 0.3 is 0 Å². The molecule has 1 aliphatic heterocycles. The predicted molar refractivity (Wildman–Crippen MR) is 96.1 cm³/mol. The molecular weight excluding hydrogens is 411 g/mol. The van der Waals surface area contributed by atoms with Gasteiger partial charge in [-0.05, 0) is 25.0 Å². The molecule has 0 unspecified atom stereocenters. The number of carbonyl (C=O) groups excluding carboxylic acids is 1. The summed E-state index contributed by atoms with van der Waals surface area (Å²) in [4.78, 5) is 13.4. The number of benzene rings is 1. The van der Waals surface area contributed by atoms with E-state index in [4.69, 9.17) is 23.2 Å². The average Bonchev–Trinajstić information content (AvgIpc) is 2.51. The Hall–Kier alpha value is -0.870. The molecule has 25 heavy (non-hydrogen) atoms. The monoisotopic (exact) mass is 428 g/mol. The third-order valence-electron chi connectivity index (χ3n) is 4.00. The zero-order valence-corrected chi connectivity index (χ0v) is 16.6. The number of likely N-dealkylation sites (tertiary alicyclic amines) is 1. The maximum Gasteiger partial charge on any atom is 0.244 e. The van der Waals surface area contributed by atoms with Gasteiger partial charge in [-0.25, -0.2) is 21.6 Å². The van der Waals surface area contributed by atoms with Gasteiger partial charge in [0.25, 0.3) is 0 Å². The topological polar surface area (TPSA) is 101 Å². The molecule has 0 aromatic heterocycles. The molecule has 0 aliphatic carbocycles. The third-order valence-corrected chi connectivity index (χ3v) is 8.04. The number of carbonyl (C=O) groups is 1. The number of sulfone groups is 1. The van der Waals surface area contributed by atoms with Gasteiger partial charge in [0, 0.05) is 19.3 Å². The van der Waals surface area contributed by atoms with Gasteiger partial charge in [0.05, 0.1) is 21.8 Å². The Morgan fingerprint density at radius 2 is 1.68 bits per heavy atom. The zero-order chi connectivity index (χ0) is 18.8. The Morgan fingerprint density at radius 1 is 1.16 bits per heavy atom. The van der Waals surface area contributed by atoms with Crippen molar-refractivity contribution < 1.29 is 21.6 Å². The van der Waals surface area contributed by atoms with Crippen LogP contribution in [0.15, 0.2) is 23.1 Å². The van der Waals surface area contributed by atoms with E-state index in [-0.39, 0.29) is 28.0 Å². The van der Waals surface area contributed by atoms with Gasteiger partial charge < -0.3 is 4.90 Å². The van der Waals surface area contributed by atoms with E-state index in [2.05, 4.69) is 4.72 Å². The predicted octanol–water partition coefficient (Wildman–Crippen LogP) is 1.31. The summed E-state index contributed by atoms with van der Waals surface area (Å²) in [5, 5.41) is -0.544. The fraction of sp³-hybridized carbons (Fsp3) is 0.500. The number of amides is 1. The minimum atomic E-state index is -4.05. The molecule has 1 aromatic carbocycles. The van der Waals surface area contributed by atoms with Crippen LogP contribution >= 0.6 is 23.2 Å². The van der Waals surface area contributed by atoms with Gasteiger partial charge in [-0.15, -0.1) is 0 Å². The quantitative estimate of drug-likeness (QED) is 0.761. The zero-order valence-electron chi connectivity index (χ0n) is 13.4. The molecule has 7 nitrogen and oxygen atoms in total. The lowest BCUT2D eigenvalue weighted by Crippen LogP contribution is -2.46. The van der Waals surface area contributed by atoms with Crippen LogP contribution in [0.1, 0.15) is 12.8 Å². The second-order valence-corrected chi connectivity index (χ2v) is 10.6. The van der Waals surface area contributed by atoms with E-state index in [1.54, 1.807) is 0 Å². The van der Waals surface area contributed by atoms with Crippen molar-refractivity contribution in [2.75, 3.05) is 25.9 Å². The highest BCUT2D eigenvalue weighted by molar-refractivity contribution is 7.91. The maximum absolute atomic E-state index is 12.3. The Balaban J connectivity index is 1.99. The summed E-state index contributed by atoms with van der Waals surface area (Å²) in [6.45, 7) is 0.0870. The summed E-state index contributed by atoms with van der Waals surface area (Å²) in [6, 6.07) is 4.29. The van der Waals surface area contributed by atoms with Gasteiger partial charge in [0.1, 0.15) is 14.7 Å². The second-order valence-electron chi connectivity index (χ2n) is 5.79. The van der Waals surface area contributed by atoms with E-state index in [0.29, 0.717) is 12.8 Å². The number of sulfonamides is 1. The summed E-state index contributed by atoms with van der Waals surface area (Å²) in [5.41, 5.74) is 0. The molecule has 1 fully saturated rings. The largest absolute Gasteiger partial charge is 0.341 e. The average molecular weight is 429 g/mol. The van der Waals surface area contributed by atoms with Gasteiger partial charge in [-0.2, -0.15) is 0 Å². The van der Waals surface area contributed by atoms with E-state index in [1.165, 1.54) is 29.4 Å². The minimum absolute atomic E-state index is 0.0404. The Morgan fingerprint density at radius 3 is 2.16 bits per heavy atom. The van der Waals surface area contributed by atoms with Gasteiger partial charge in [-0.3, -0.25) is 4.79 Å². The van der Waals surface area contributed by atoms with Crippen molar-refractivity contribution in [1.29, 1.82) is 0 Å². The Kier molecular flexibility index (Phi) is 6.37. The first kappa shape index (κ1) is 20.4. The van der Waals surface area contributed by atoms with Crippen molar-refractivity contribution in [3.63, 3.8) is 0 Å². The molecule has 11 heteroatoms. The summed E-state index contributed by atoms with van der Waals surface area (Å²) >= 11 is 11.8. The van der Waals surface area contributed by atoms with Crippen molar-refractivity contribution >= 4 is 49.0 Å². The lowest BCUT2D eigenvalue weighted by Gasteiger charge is -2.31. The summed E-state index contributed by atoms with van der Waals surface area (Å²) < 4.78 is 49.9. The van der Waals surface area contributed by atoms with Gasteiger partial charge in [0.15, 0.2) is 0 Å². The summed E-state index contributed by atoms with van der Waals surface area (Å²) in [7, 11) is -7.18. The first-order valence-corrected chi connectivity index (χ1v) is 11.6. The molecule has 1 heterocycles. The van der Waals surface area contributed by atoms with Crippen LogP contribution in [0.2, 0.25) is 10.0 Å². The second kappa shape index (κ2) is 7.79. The number of rotatable bonds is 5. The summed E-state index contributed by atoms with van der Waals surface area (Å²) in [5.74, 6) is -0.432. The van der Waals surface area contributed by atoms with E-state index in [1.807, 2.05) is 0 Å². The van der Waals surface area contributed by atoms with Crippen molar-refractivity contribution in [2.45, 2.75) is 23.0 Å². The van der Waals surface area contributed by atoms with E-state index in [0.717, 1.165) is 0 Å². The fourth-order valence-corrected chi connectivity index (χ4v) is 5.79. The molecule has 0 radical (unpaired) electrons. The number of hydrogen-bond acceptors (Lipinski definition) is 5. The van der Waals surface area contributed by atoms with Crippen molar-refractivity contribution in [1.82, 2.24) is 9.62 Å². The standard InChI is InChI=1S/C14H18Cl2N2O5S2/c1-24(20,21)10-5-7-18(8-6-10)13(19)9-17-25(22,23)14-11(15)3-2-4-12(14)16/h2-4,10,17H,5-9H2,1H3. The minimum Gasteiger partial charge on any atom is -0.341 e. The normalized spacial score (nSPS) is 16.8. The van der Waals surface area contributed by atoms with Crippen LogP contribution in [-0.2, 0) is 24.7 Å². The number of piperidine rings is 1. The highest BCUT2D eigenvalue weighted by atomic mass is 35.5. The number of hydrogen-bond donors (Lipinski definition) is 1. The van der Waals surface area contributed by atoms with Crippen LogP contribution in [-0.4, -0.2) is 58.8 Å². The molecular formula is C14H18Cl2N2O5S2. The molecule has 0 saturated carbocycles. The van der Waals surface area contributed by atoms with E-state index >= 15 is 0 Å². The molecule has 0 spiro atoms. The number of halogens is 2. The van der Waals surface area contributed by atoms with Crippen LogP contribution in [0.3, 0.4) is 0 Å². The highest BCUT2D eigenvalue weighted by Crippen LogP contribution is 2.28. The third kappa shape index (κ3) is 5.07. The molecule has 0 atom stereocenters. The van der Waals surface area contributed by atoms with Crippen molar-refractivity contribution in [2.24, 2.45) is 0 Å². The Labute approximate surface area is 157 Å². The van der Waals surface area contributed by atoms with E-state index < -0.39 is 37.6 Å². The van der Waals surface area contributed by atoms with Crippen LogP contribution in [0.4, 0.5) is 0 Å². The number of nitrogens with one attached hydrogen (secondary N) is 1. The van der Waals surface area contributed by atoms with Crippen LogP contribution in [0.25, 0.3) is 0 Å². The van der Waals surface area contributed by atoms with E-state index in [9.17, 15) is 21.6 Å². The molecule has 140 valence electrons. The Bertz CT molecular complexity index is 843. The molecule has 1 aliphatic rings. The molecule has 1 amide bonds. The maximum atomic E-state index is 12.3. The van der Waals surface area contributed by atoms with Crippen LogP contribution in [0.5, 0.6) is 0 Å². The van der Waals surface area contributed by atoms with Crippen molar-refractivity contribution in [3.8, 4) is 0 Å². The van der Waals surface area contributed by atoms with Gasteiger partial charge in [-0.1, -0.05) is 29.3 Å². The lowest BCUT2D eigenvalue weighted by atomic mass is 10.1. The summed E-state index contributed by atoms with van der Waals surface area (Å²) in [6.07, 6.45) is 1.86. The lowest BCUT2D eigenvalue weighted by molar-refractivity contribution is -0.130. The first-order chi connectivity index (χ1) is 11.5. The SMILES string of the molecule is CS(=O)(=O)C1CCN(C(=O)CNS(=O)(=O)c2c(Cl)cccc2Cl)CC1. The first-order valence-electron chi connectivity index (χ1n) is 7.42. The smallest absolute Gasteiger partial charge is 0.244 e. The van der Waals surface area contributed by atoms with Crippen LogP contribution < -0.4 is 4.72 Å². The fourth-order valence-electron chi connectivity index (χ4n) is 2.61. The number of nitrogens with zero attached hydrogens (tertiary/aromatic N) is 1. The molecule has 1 aromatic rings. The van der Waals surface area contributed by atoms with Gasteiger partial charge in [0.2, 0.25) is 15.9 Å².